The molecule has 0 aliphatic rings. The molecule has 1 heterocycles. The molecule has 0 aliphatic carbocycles. The summed E-state index contributed by atoms with van der Waals surface area (Å²) in [4.78, 5) is 27.1. The molecule has 1 amide bonds. The molecule has 0 fully saturated rings. The number of ether oxygens (including phenoxy) is 1. The molecule has 0 bridgehead atoms. The highest BCUT2D eigenvalue weighted by Gasteiger charge is 2.31. The minimum Gasteiger partial charge on any atom is -0.465 e. The number of carbonyl (C=O) groups excluding carboxylic acids is 2. The highest BCUT2D eigenvalue weighted by Crippen LogP contribution is 2.35. The van der Waals surface area contributed by atoms with E-state index >= 15 is 0 Å². The van der Waals surface area contributed by atoms with Crippen LogP contribution in [0.4, 0.5) is 23.9 Å². The number of esters is 1. The molecule has 2 rings (SSSR count). The number of alkyl halides is 3. The van der Waals surface area contributed by atoms with Gasteiger partial charge in [-0.2, -0.15) is 13.2 Å². The van der Waals surface area contributed by atoms with E-state index in [0.29, 0.717) is 23.5 Å². The Morgan fingerprint density at radius 3 is 2.39 bits per heavy atom. The molecular formula is C20H22F3N3O3S2. The number of benzene rings is 1. The van der Waals surface area contributed by atoms with Crippen LogP contribution >= 0.6 is 23.6 Å². The Labute approximate surface area is 187 Å². The summed E-state index contributed by atoms with van der Waals surface area (Å²) in [5.41, 5.74) is -0.108. The van der Waals surface area contributed by atoms with E-state index in [9.17, 15) is 22.8 Å². The number of halogens is 3. The second-order valence-electron chi connectivity index (χ2n) is 6.39. The van der Waals surface area contributed by atoms with E-state index in [-0.39, 0.29) is 27.3 Å². The van der Waals surface area contributed by atoms with Gasteiger partial charge < -0.3 is 20.3 Å². The van der Waals surface area contributed by atoms with Crippen LogP contribution in [0.1, 0.15) is 45.0 Å². The van der Waals surface area contributed by atoms with Gasteiger partial charge in [0.05, 0.1) is 23.1 Å². The van der Waals surface area contributed by atoms with E-state index in [1.54, 1.807) is 11.8 Å². The van der Waals surface area contributed by atoms with Gasteiger partial charge in [0.15, 0.2) is 5.11 Å². The number of rotatable bonds is 6. The monoisotopic (exact) mass is 473 g/mol. The van der Waals surface area contributed by atoms with Crippen LogP contribution in [0.2, 0.25) is 0 Å². The number of amides is 1. The van der Waals surface area contributed by atoms with E-state index < -0.39 is 17.7 Å². The highest BCUT2D eigenvalue weighted by atomic mass is 32.1. The first kappa shape index (κ1) is 24.6. The summed E-state index contributed by atoms with van der Waals surface area (Å²) in [7, 11) is 1.22. The summed E-state index contributed by atoms with van der Waals surface area (Å²) < 4.78 is 43.6. The number of methoxy groups -OCH3 is 1. The number of nitrogens with one attached hydrogen (secondary N) is 2. The summed E-state index contributed by atoms with van der Waals surface area (Å²) in [5.74, 6) is -0.890. The van der Waals surface area contributed by atoms with Gasteiger partial charge in [-0.05, 0) is 56.8 Å². The third-order valence-corrected chi connectivity index (χ3v) is 5.86. The number of nitrogens with zero attached hydrogens (tertiary/aromatic N) is 1. The maximum Gasteiger partial charge on any atom is 0.416 e. The second kappa shape index (κ2) is 10.1. The minimum absolute atomic E-state index is 0.0347. The first-order chi connectivity index (χ1) is 14.5. The molecule has 0 saturated heterocycles. The van der Waals surface area contributed by atoms with Crippen molar-refractivity contribution in [1.29, 1.82) is 0 Å². The third kappa shape index (κ3) is 5.73. The number of carbonyl (C=O) groups is 2. The summed E-state index contributed by atoms with van der Waals surface area (Å²) in [5, 5.41) is 5.71. The van der Waals surface area contributed by atoms with Crippen LogP contribution < -0.4 is 10.6 Å². The highest BCUT2D eigenvalue weighted by molar-refractivity contribution is 7.80. The average Bonchev–Trinajstić information content (AvgIpc) is 3.03. The Balaban J connectivity index is 2.33. The molecule has 11 heteroatoms. The molecule has 0 spiro atoms. The van der Waals surface area contributed by atoms with Gasteiger partial charge >= 0.3 is 12.1 Å². The number of anilines is 2. The maximum atomic E-state index is 12.9. The largest absolute Gasteiger partial charge is 0.465 e. The molecule has 168 valence electrons. The molecule has 2 N–H and O–H groups in total. The molecule has 6 nitrogen and oxygen atoms in total. The standard InChI is InChI=1S/C20H22F3N3O3S2/c1-5-26(6-2)17(27)15-11(3)14(18(28)29-4)16(31-15)25-19(30)24-13-9-7-8-12(10-13)20(21,22)23/h7-10H,5-6H2,1-4H3,(H2,24,25,30). The van der Waals surface area contributed by atoms with Gasteiger partial charge in [0.1, 0.15) is 5.00 Å². The number of thiophene rings is 1. The summed E-state index contributed by atoms with van der Waals surface area (Å²) in [6, 6.07) is 4.55. The van der Waals surface area contributed by atoms with Gasteiger partial charge in [0.2, 0.25) is 0 Å². The van der Waals surface area contributed by atoms with Crippen molar-refractivity contribution < 1.29 is 27.5 Å². The molecule has 1 aromatic heterocycles. The lowest BCUT2D eigenvalue weighted by molar-refractivity contribution is -0.137. The fourth-order valence-electron chi connectivity index (χ4n) is 2.85. The summed E-state index contributed by atoms with van der Waals surface area (Å²) >= 11 is 6.24. The van der Waals surface area contributed by atoms with Crippen LogP contribution in [0.3, 0.4) is 0 Å². The molecule has 1 aromatic carbocycles. The maximum absolute atomic E-state index is 12.9. The van der Waals surface area contributed by atoms with Crippen LogP contribution in [0, 0.1) is 6.92 Å². The van der Waals surface area contributed by atoms with Crippen LogP contribution in [-0.2, 0) is 10.9 Å². The smallest absolute Gasteiger partial charge is 0.416 e. The SMILES string of the molecule is CCN(CC)C(=O)c1sc(NC(=S)Nc2cccc(C(F)(F)F)c2)c(C(=O)OC)c1C. The average molecular weight is 474 g/mol. The molecular weight excluding hydrogens is 451 g/mol. The van der Waals surface area contributed by atoms with E-state index in [1.807, 2.05) is 13.8 Å². The van der Waals surface area contributed by atoms with Crippen LogP contribution in [-0.4, -0.2) is 42.1 Å². The first-order valence-electron chi connectivity index (χ1n) is 9.29. The van der Waals surface area contributed by atoms with Crippen molar-refractivity contribution in [2.75, 3.05) is 30.8 Å². The third-order valence-electron chi connectivity index (χ3n) is 4.46. The van der Waals surface area contributed by atoms with Crippen molar-refractivity contribution in [3.8, 4) is 0 Å². The zero-order chi connectivity index (χ0) is 23.3. The number of hydrogen-bond acceptors (Lipinski definition) is 5. The van der Waals surface area contributed by atoms with E-state index in [4.69, 9.17) is 17.0 Å². The van der Waals surface area contributed by atoms with Crippen molar-refractivity contribution in [3.63, 3.8) is 0 Å². The lowest BCUT2D eigenvalue weighted by Gasteiger charge is -2.18. The fourth-order valence-corrected chi connectivity index (χ4v) is 4.30. The Morgan fingerprint density at radius 2 is 1.84 bits per heavy atom. The second-order valence-corrected chi connectivity index (χ2v) is 7.82. The number of thiocarbonyl (C=S) groups is 1. The summed E-state index contributed by atoms with van der Waals surface area (Å²) in [6.45, 7) is 6.32. The Kier molecular flexibility index (Phi) is 8.02. The van der Waals surface area contributed by atoms with Crippen molar-refractivity contribution in [1.82, 2.24) is 4.90 Å². The van der Waals surface area contributed by atoms with Crippen molar-refractivity contribution in [2.45, 2.75) is 26.9 Å². The Hall–Kier alpha value is -2.66. The van der Waals surface area contributed by atoms with Crippen molar-refractivity contribution in [3.05, 3.63) is 45.8 Å². The Bertz CT molecular complexity index is 986. The molecule has 2 aromatic rings. The lowest BCUT2D eigenvalue weighted by atomic mass is 10.1. The van der Waals surface area contributed by atoms with E-state index in [2.05, 4.69) is 10.6 Å². The molecule has 0 aliphatic heterocycles. The molecule has 0 radical (unpaired) electrons. The topological polar surface area (TPSA) is 70.7 Å². The van der Waals surface area contributed by atoms with Gasteiger partial charge in [0.25, 0.3) is 5.91 Å². The minimum atomic E-state index is -4.49. The Morgan fingerprint density at radius 1 is 1.19 bits per heavy atom. The van der Waals surface area contributed by atoms with Crippen molar-refractivity contribution >= 4 is 51.2 Å². The zero-order valence-electron chi connectivity index (χ0n) is 17.3. The normalized spacial score (nSPS) is 11.1. The fraction of sp³-hybridized carbons (Fsp3) is 0.350. The molecule has 0 unspecified atom stereocenters. The molecule has 0 saturated carbocycles. The van der Waals surface area contributed by atoms with Gasteiger partial charge in [-0.3, -0.25) is 4.79 Å². The first-order valence-corrected chi connectivity index (χ1v) is 10.5. The lowest BCUT2D eigenvalue weighted by Crippen LogP contribution is -2.30. The van der Waals surface area contributed by atoms with Gasteiger partial charge in [0, 0.05) is 18.8 Å². The van der Waals surface area contributed by atoms with Gasteiger partial charge in [-0.15, -0.1) is 11.3 Å². The van der Waals surface area contributed by atoms with Gasteiger partial charge in [-0.25, -0.2) is 4.79 Å². The van der Waals surface area contributed by atoms with E-state index in [1.165, 1.54) is 19.2 Å². The van der Waals surface area contributed by atoms with Gasteiger partial charge in [-0.1, -0.05) is 6.07 Å². The van der Waals surface area contributed by atoms with Crippen LogP contribution in [0.15, 0.2) is 24.3 Å². The zero-order valence-corrected chi connectivity index (χ0v) is 19.0. The predicted octanol–water partition coefficient (Wildman–Crippen LogP) is 5.15. The quantitative estimate of drug-likeness (QED) is 0.447. The van der Waals surface area contributed by atoms with Crippen LogP contribution in [0.25, 0.3) is 0 Å². The molecule has 0 atom stereocenters. The summed E-state index contributed by atoms with van der Waals surface area (Å²) in [6.07, 6.45) is -4.49. The van der Waals surface area contributed by atoms with Crippen molar-refractivity contribution in [2.24, 2.45) is 0 Å². The van der Waals surface area contributed by atoms with E-state index in [0.717, 1.165) is 23.5 Å². The van der Waals surface area contributed by atoms with Crippen LogP contribution in [0.5, 0.6) is 0 Å². The predicted molar refractivity (Wildman–Crippen MR) is 119 cm³/mol. The molecule has 31 heavy (non-hydrogen) atoms. The number of hydrogen-bond donors (Lipinski definition) is 2.